The Morgan fingerprint density at radius 3 is 2.83 bits per heavy atom. The van der Waals surface area contributed by atoms with E-state index >= 15 is 0 Å². The predicted octanol–water partition coefficient (Wildman–Crippen LogP) is 1.99. The highest BCUT2D eigenvalue weighted by molar-refractivity contribution is 4.95. The lowest BCUT2D eigenvalue weighted by atomic mass is 9.71. The van der Waals surface area contributed by atoms with Crippen molar-refractivity contribution in [1.82, 2.24) is 4.90 Å². The highest BCUT2D eigenvalue weighted by Crippen LogP contribution is 2.39. The highest BCUT2D eigenvalue weighted by atomic mass is 16.3. The van der Waals surface area contributed by atoms with Crippen LogP contribution in [0.3, 0.4) is 0 Å². The maximum Gasteiger partial charge on any atom is 0.0700 e. The maximum absolute atomic E-state index is 10.6. The maximum atomic E-state index is 10.6. The van der Waals surface area contributed by atoms with Gasteiger partial charge < -0.3 is 15.7 Å². The average molecular weight is 254 g/mol. The summed E-state index contributed by atoms with van der Waals surface area (Å²) in [4.78, 5) is 2.54. The van der Waals surface area contributed by atoms with Crippen LogP contribution in [0.15, 0.2) is 0 Å². The number of hydrogen-bond acceptors (Lipinski definition) is 3. The molecule has 0 radical (unpaired) electrons. The molecule has 0 bridgehead atoms. The summed E-state index contributed by atoms with van der Waals surface area (Å²) in [7, 11) is 0. The first-order valence-corrected chi connectivity index (χ1v) is 7.60. The summed E-state index contributed by atoms with van der Waals surface area (Å²) in [6, 6.07) is 0. The van der Waals surface area contributed by atoms with E-state index in [1.807, 2.05) is 0 Å². The summed E-state index contributed by atoms with van der Waals surface area (Å²) >= 11 is 0. The van der Waals surface area contributed by atoms with E-state index in [4.69, 9.17) is 5.73 Å². The van der Waals surface area contributed by atoms with Crippen molar-refractivity contribution in [2.24, 2.45) is 17.1 Å². The molecule has 0 aromatic carbocycles. The van der Waals surface area contributed by atoms with Gasteiger partial charge in [0, 0.05) is 19.0 Å². The van der Waals surface area contributed by atoms with Crippen molar-refractivity contribution in [3.05, 3.63) is 0 Å². The third-order valence-electron chi connectivity index (χ3n) is 5.17. The molecule has 2 atom stereocenters. The van der Waals surface area contributed by atoms with Crippen LogP contribution in [0.25, 0.3) is 0 Å². The Morgan fingerprint density at radius 1 is 1.33 bits per heavy atom. The number of hydrogen-bond donors (Lipinski definition) is 2. The molecule has 3 heteroatoms. The monoisotopic (exact) mass is 254 g/mol. The van der Waals surface area contributed by atoms with Crippen LogP contribution in [-0.2, 0) is 0 Å². The van der Waals surface area contributed by atoms with Crippen molar-refractivity contribution >= 4 is 0 Å². The molecule has 0 aromatic heterocycles. The van der Waals surface area contributed by atoms with E-state index in [-0.39, 0.29) is 11.0 Å². The van der Waals surface area contributed by atoms with Crippen LogP contribution in [-0.4, -0.2) is 41.8 Å². The second-order valence-electron chi connectivity index (χ2n) is 7.22. The summed E-state index contributed by atoms with van der Waals surface area (Å²) in [6.07, 6.45) is 6.89. The van der Waals surface area contributed by atoms with Gasteiger partial charge in [0.15, 0.2) is 0 Å². The molecule has 1 aliphatic heterocycles. The first kappa shape index (κ1) is 14.3. The number of aliphatic hydroxyl groups is 1. The molecule has 1 saturated heterocycles. The molecule has 18 heavy (non-hydrogen) atoms. The quantitative estimate of drug-likeness (QED) is 0.806. The summed E-state index contributed by atoms with van der Waals surface area (Å²) in [5, 5.41) is 10.6. The fourth-order valence-corrected chi connectivity index (χ4v) is 3.41. The van der Waals surface area contributed by atoms with Crippen molar-refractivity contribution in [2.75, 3.05) is 26.2 Å². The second kappa shape index (κ2) is 5.48. The topological polar surface area (TPSA) is 49.5 Å². The summed E-state index contributed by atoms with van der Waals surface area (Å²) in [5.41, 5.74) is 5.71. The van der Waals surface area contributed by atoms with Crippen LogP contribution in [0, 0.1) is 11.3 Å². The molecule has 1 aliphatic carbocycles. The summed E-state index contributed by atoms with van der Waals surface area (Å²) in [6.45, 7) is 8.54. The normalized spacial score (nSPS) is 34.3. The lowest BCUT2D eigenvalue weighted by Crippen LogP contribution is -2.53. The average Bonchev–Trinajstić information content (AvgIpc) is 2.36. The van der Waals surface area contributed by atoms with Crippen LogP contribution in [0.5, 0.6) is 0 Å². The summed E-state index contributed by atoms with van der Waals surface area (Å²) in [5.74, 6) is 0.515. The second-order valence-corrected chi connectivity index (χ2v) is 7.22. The van der Waals surface area contributed by atoms with Crippen molar-refractivity contribution in [1.29, 1.82) is 0 Å². The minimum Gasteiger partial charge on any atom is -0.390 e. The molecule has 1 saturated carbocycles. The predicted molar refractivity (Wildman–Crippen MR) is 75.4 cm³/mol. The Morgan fingerprint density at radius 2 is 2.11 bits per heavy atom. The van der Waals surface area contributed by atoms with E-state index in [9.17, 15) is 5.11 Å². The number of fused-ring (bicyclic) bond motifs is 1. The van der Waals surface area contributed by atoms with Gasteiger partial charge in [-0.25, -0.2) is 0 Å². The van der Waals surface area contributed by atoms with E-state index in [0.717, 1.165) is 45.4 Å². The fourth-order valence-electron chi connectivity index (χ4n) is 3.41. The minimum absolute atomic E-state index is 0.250. The fraction of sp³-hybridized carbons (Fsp3) is 1.00. The first-order valence-electron chi connectivity index (χ1n) is 7.60. The Bertz CT molecular complexity index is 280. The van der Waals surface area contributed by atoms with Crippen LogP contribution in [0.2, 0.25) is 0 Å². The van der Waals surface area contributed by atoms with Gasteiger partial charge in [-0.1, -0.05) is 26.7 Å². The van der Waals surface area contributed by atoms with Gasteiger partial charge in [-0.2, -0.15) is 0 Å². The molecule has 2 aliphatic rings. The third-order valence-corrected chi connectivity index (χ3v) is 5.17. The molecule has 1 heterocycles. The Hall–Kier alpha value is -0.120. The molecular formula is C15H30N2O. The number of piperidine rings is 1. The molecule has 0 aromatic rings. The van der Waals surface area contributed by atoms with Gasteiger partial charge in [0.1, 0.15) is 0 Å². The van der Waals surface area contributed by atoms with Crippen LogP contribution >= 0.6 is 0 Å². The number of nitrogens with zero attached hydrogens (tertiary/aromatic N) is 1. The largest absolute Gasteiger partial charge is 0.390 e. The zero-order chi connectivity index (χ0) is 13.2. The SMILES string of the molecule is CC(C)(CN)CCN1CCC2(O)CCCCC2C1. The summed E-state index contributed by atoms with van der Waals surface area (Å²) < 4.78 is 0. The van der Waals surface area contributed by atoms with Gasteiger partial charge >= 0.3 is 0 Å². The molecule has 2 unspecified atom stereocenters. The van der Waals surface area contributed by atoms with E-state index in [1.165, 1.54) is 19.3 Å². The Balaban J connectivity index is 1.83. The molecule has 2 rings (SSSR count). The van der Waals surface area contributed by atoms with Gasteiger partial charge in [0.2, 0.25) is 0 Å². The molecule has 3 nitrogen and oxygen atoms in total. The van der Waals surface area contributed by atoms with E-state index in [0.29, 0.717) is 5.92 Å². The van der Waals surface area contributed by atoms with Crippen molar-refractivity contribution in [3.63, 3.8) is 0 Å². The molecule has 2 fully saturated rings. The van der Waals surface area contributed by atoms with Gasteiger partial charge in [0.25, 0.3) is 0 Å². The minimum atomic E-state index is -0.335. The molecule has 3 N–H and O–H groups in total. The number of nitrogens with two attached hydrogens (primary N) is 1. The zero-order valence-electron chi connectivity index (χ0n) is 12.1. The lowest BCUT2D eigenvalue weighted by molar-refractivity contribution is -0.0962. The molecule has 0 amide bonds. The molecular weight excluding hydrogens is 224 g/mol. The van der Waals surface area contributed by atoms with Gasteiger partial charge in [-0.05, 0) is 44.2 Å². The van der Waals surface area contributed by atoms with Crippen LogP contribution in [0.1, 0.15) is 52.4 Å². The highest BCUT2D eigenvalue weighted by Gasteiger charge is 2.42. The van der Waals surface area contributed by atoms with Gasteiger partial charge in [0.05, 0.1) is 5.60 Å². The van der Waals surface area contributed by atoms with Crippen LogP contribution < -0.4 is 5.73 Å². The number of likely N-dealkylation sites (tertiary alicyclic amines) is 1. The first-order chi connectivity index (χ1) is 8.45. The third kappa shape index (κ3) is 3.25. The molecule has 0 spiro atoms. The Kier molecular flexibility index (Phi) is 4.35. The van der Waals surface area contributed by atoms with Crippen molar-refractivity contribution in [3.8, 4) is 0 Å². The standard InChI is InChI=1S/C15H30N2O/c1-14(2,12-16)7-9-17-10-8-15(18)6-4-3-5-13(15)11-17/h13,18H,3-12,16H2,1-2H3. The lowest BCUT2D eigenvalue weighted by Gasteiger charge is -2.47. The van der Waals surface area contributed by atoms with Gasteiger partial charge in [-0.3, -0.25) is 0 Å². The van der Waals surface area contributed by atoms with Gasteiger partial charge in [-0.15, -0.1) is 0 Å². The molecule has 106 valence electrons. The Labute approximate surface area is 112 Å². The van der Waals surface area contributed by atoms with Crippen molar-refractivity contribution in [2.45, 2.75) is 58.0 Å². The van der Waals surface area contributed by atoms with E-state index in [2.05, 4.69) is 18.7 Å². The van der Waals surface area contributed by atoms with E-state index in [1.54, 1.807) is 0 Å². The van der Waals surface area contributed by atoms with Crippen LogP contribution in [0.4, 0.5) is 0 Å². The smallest absolute Gasteiger partial charge is 0.0700 e. The zero-order valence-corrected chi connectivity index (χ0v) is 12.1. The van der Waals surface area contributed by atoms with Crippen molar-refractivity contribution < 1.29 is 5.11 Å². The number of rotatable bonds is 4. The van der Waals surface area contributed by atoms with E-state index < -0.39 is 0 Å².